The molecular formula is C24H26N2O4S2. The molecule has 0 aliphatic carbocycles. The second-order valence-electron chi connectivity index (χ2n) is 6.91. The molecule has 3 rings (SSSR count). The van der Waals surface area contributed by atoms with Crippen LogP contribution in [0.15, 0.2) is 88.7 Å². The van der Waals surface area contributed by atoms with Crippen molar-refractivity contribution in [3.05, 3.63) is 84.4 Å². The maximum Gasteiger partial charge on any atom is 0.243 e. The number of anilines is 1. The van der Waals surface area contributed by atoms with E-state index in [1.807, 2.05) is 61.7 Å². The van der Waals surface area contributed by atoms with Crippen molar-refractivity contribution >= 4 is 33.4 Å². The Kier molecular flexibility index (Phi) is 8.33. The predicted octanol–water partition coefficient (Wildman–Crippen LogP) is 4.64. The molecule has 0 aliphatic heterocycles. The van der Waals surface area contributed by atoms with Crippen LogP contribution in [-0.4, -0.2) is 38.0 Å². The molecule has 0 unspecified atom stereocenters. The Bertz CT molecular complexity index is 1130. The number of hydrogen-bond donors (Lipinski definition) is 1. The molecule has 168 valence electrons. The number of nitrogens with one attached hydrogen (secondary N) is 1. The van der Waals surface area contributed by atoms with Gasteiger partial charge in [-0.05, 0) is 55.1 Å². The number of rotatable bonds is 10. The lowest BCUT2D eigenvalue weighted by molar-refractivity contribution is -0.116. The highest BCUT2D eigenvalue weighted by molar-refractivity contribution is 7.98. The zero-order chi connectivity index (χ0) is 23.0. The Morgan fingerprint density at radius 2 is 1.62 bits per heavy atom. The van der Waals surface area contributed by atoms with Gasteiger partial charge in [0, 0.05) is 11.4 Å². The van der Waals surface area contributed by atoms with E-state index in [2.05, 4.69) is 5.32 Å². The standard InChI is InChI=1S/C24H26N2O4S2/c1-3-30-20-13-15-21(16-14-20)32(28,29)26(17-19-9-5-4-6-10-19)18-24(27)25-22-11-7-8-12-23(22)31-2/h4-16H,3,17-18H2,1-2H3,(H,25,27). The number of para-hydroxylation sites is 1. The molecular weight excluding hydrogens is 444 g/mol. The lowest BCUT2D eigenvalue weighted by Crippen LogP contribution is -2.37. The van der Waals surface area contributed by atoms with E-state index in [1.54, 1.807) is 18.2 Å². The second-order valence-corrected chi connectivity index (χ2v) is 9.70. The van der Waals surface area contributed by atoms with Crippen LogP contribution in [0.2, 0.25) is 0 Å². The number of thioether (sulfide) groups is 1. The molecule has 6 nitrogen and oxygen atoms in total. The van der Waals surface area contributed by atoms with Crippen LogP contribution < -0.4 is 10.1 Å². The van der Waals surface area contributed by atoms with Crippen molar-refractivity contribution in [1.29, 1.82) is 0 Å². The topological polar surface area (TPSA) is 75.7 Å². The maximum absolute atomic E-state index is 13.4. The molecule has 0 spiro atoms. The van der Waals surface area contributed by atoms with E-state index in [-0.39, 0.29) is 18.0 Å². The molecule has 3 aromatic rings. The van der Waals surface area contributed by atoms with E-state index < -0.39 is 15.9 Å². The quantitative estimate of drug-likeness (QED) is 0.437. The van der Waals surface area contributed by atoms with Gasteiger partial charge in [0.15, 0.2) is 0 Å². The summed E-state index contributed by atoms with van der Waals surface area (Å²) < 4.78 is 33.4. The average molecular weight is 471 g/mol. The first-order valence-corrected chi connectivity index (χ1v) is 12.8. The number of benzene rings is 3. The number of ether oxygens (including phenoxy) is 1. The Morgan fingerprint density at radius 1 is 0.969 bits per heavy atom. The minimum absolute atomic E-state index is 0.0774. The van der Waals surface area contributed by atoms with E-state index in [1.165, 1.54) is 28.2 Å². The zero-order valence-electron chi connectivity index (χ0n) is 18.0. The van der Waals surface area contributed by atoms with Crippen LogP contribution in [0.1, 0.15) is 12.5 Å². The number of amides is 1. The molecule has 0 fully saturated rings. The number of nitrogens with zero attached hydrogens (tertiary/aromatic N) is 1. The number of carbonyl (C=O) groups is 1. The van der Waals surface area contributed by atoms with Crippen LogP contribution >= 0.6 is 11.8 Å². The summed E-state index contributed by atoms with van der Waals surface area (Å²) in [4.78, 5) is 13.9. The van der Waals surface area contributed by atoms with Crippen molar-refractivity contribution in [1.82, 2.24) is 4.31 Å². The summed E-state index contributed by atoms with van der Waals surface area (Å²) in [7, 11) is -3.92. The first kappa shape index (κ1) is 23.8. The van der Waals surface area contributed by atoms with Gasteiger partial charge < -0.3 is 10.1 Å². The summed E-state index contributed by atoms with van der Waals surface area (Å²) in [5.74, 6) is 0.185. The summed E-state index contributed by atoms with van der Waals surface area (Å²) in [6.07, 6.45) is 1.92. The average Bonchev–Trinajstić information content (AvgIpc) is 2.80. The van der Waals surface area contributed by atoms with Gasteiger partial charge >= 0.3 is 0 Å². The summed E-state index contributed by atoms with van der Waals surface area (Å²) in [5, 5.41) is 2.84. The number of hydrogen-bond acceptors (Lipinski definition) is 5. The first-order chi connectivity index (χ1) is 15.4. The zero-order valence-corrected chi connectivity index (χ0v) is 19.7. The highest BCUT2D eigenvalue weighted by atomic mass is 32.2. The molecule has 1 amide bonds. The van der Waals surface area contributed by atoms with E-state index in [0.29, 0.717) is 18.0 Å². The van der Waals surface area contributed by atoms with Gasteiger partial charge in [0.2, 0.25) is 15.9 Å². The molecule has 0 bridgehead atoms. The minimum Gasteiger partial charge on any atom is -0.494 e. The molecule has 0 radical (unpaired) electrons. The van der Waals surface area contributed by atoms with Crippen molar-refractivity contribution in [2.24, 2.45) is 0 Å². The van der Waals surface area contributed by atoms with Gasteiger partial charge in [-0.15, -0.1) is 11.8 Å². The fourth-order valence-electron chi connectivity index (χ4n) is 3.13. The largest absolute Gasteiger partial charge is 0.494 e. The third-order valence-electron chi connectivity index (χ3n) is 4.68. The summed E-state index contributed by atoms with van der Waals surface area (Å²) in [6.45, 7) is 2.12. The van der Waals surface area contributed by atoms with Crippen molar-refractivity contribution in [3.8, 4) is 5.75 Å². The fourth-order valence-corrected chi connectivity index (χ4v) is 5.07. The van der Waals surface area contributed by atoms with Gasteiger partial charge in [-0.1, -0.05) is 42.5 Å². The van der Waals surface area contributed by atoms with Crippen LogP contribution in [0.4, 0.5) is 5.69 Å². The molecule has 0 aliphatic rings. The van der Waals surface area contributed by atoms with Crippen LogP contribution in [0.3, 0.4) is 0 Å². The molecule has 0 saturated carbocycles. The summed E-state index contributed by atoms with van der Waals surface area (Å²) in [5.41, 5.74) is 1.45. The molecule has 0 saturated heterocycles. The number of carbonyl (C=O) groups excluding carboxylic acids is 1. The second kappa shape index (κ2) is 11.2. The maximum atomic E-state index is 13.4. The van der Waals surface area contributed by atoms with Crippen LogP contribution in [0.25, 0.3) is 0 Å². The Morgan fingerprint density at radius 3 is 2.28 bits per heavy atom. The van der Waals surface area contributed by atoms with Gasteiger partial charge in [0.05, 0.1) is 23.7 Å². The predicted molar refractivity (Wildman–Crippen MR) is 129 cm³/mol. The fraction of sp³-hybridized carbons (Fsp3) is 0.208. The summed E-state index contributed by atoms with van der Waals surface area (Å²) >= 11 is 1.51. The molecule has 0 heterocycles. The van der Waals surface area contributed by atoms with Gasteiger partial charge in [0.1, 0.15) is 5.75 Å². The molecule has 32 heavy (non-hydrogen) atoms. The molecule has 0 aromatic heterocycles. The third kappa shape index (κ3) is 6.12. The smallest absolute Gasteiger partial charge is 0.243 e. The third-order valence-corrected chi connectivity index (χ3v) is 7.28. The highest BCUT2D eigenvalue weighted by Gasteiger charge is 2.27. The van der Waals surface area contributed by atoms with E-state index in [4.69, 9.17) is 4.74 Å². The van der Waals surface area contributed by atoms with Crippen molar-refractivity contribution < 1.29 is 17.9 Å². The SMILES string of the molecule is CCOc1ccc(S(=O)(=O)N(CC(=O)Nc2ccccc2SC)Cc2ccccc2)cc1. The number of sulfonamides is 1. The normalized spacial score (nSPS) is 11.3. The highest BCUT2D eigenvalue weighted by Crippen LogP contribution is 2.25. The Labute approximate surface area is 193 Å². The van der Waals surface area contributed by atoms with Crippen molar-refractivity contribution in [3.63, 3.8) is 0 Å². The van der Waals surface area contributed by atoms with Gasteiger partial charge in [-0.2, -0.15) is 4.31 Å². The van der Waals surface area contributed by atoms with Crippen molar-refractivity contribution in [2.75, 3.05) is 24.7 Å². The van der Waals surface area contributed by atoms with Gasteiger partial charge in [-0.25, -0.2) is 8.42 Å². The molecule has 8 heteroatoms. The van der Waals surface area contributed by atoms with Gasteiger partial charge in [-0.3, -0.25) is 4.79 Å². The lowest BCUT2D eigenvalue weighted by atomic mass is 10.2. The van der Waals surface area contributed by atoms with Gasteiger partial charge in [0.25, 0.3) is 0 Å². The van der Waals surface area contributed by atoms with E-state index in [9.17, 15) is 13.2 Å². The Balaban J connectivity index is 1.86. The lowest BCUT2D eigenvalue weighted by Gasteiger charge is -2.22. The molecule has 1 N–H and O–H groups in total. The molecule has 3 aromatic carbocycles. The molecule has 0 atom stereocenters. The van der Waals surface area contributed by atoms with Crippen LogP contribution in [0, 0.1) is 0 Å². The summed E-state index contributed by atoms with van der Waals surface area (Å²) in [6, 6.07) is 22.9. The monoisotopic (exact) mass is 470 g/mol. The van der Waals surface area contributed by atoms with E-state index >= 15 is 0 Å². The Hall–Kier alpha value is -2.81. The minimum atomic E-state index is -3.92. The van der Waals surface area contributed by atoms with Crippen LogP contribution in [-0.2, 0) is 21.4 Å². The van der Waals surface area contributed by atoms with Crippen molar-refractivity contribution in [2.45, 2.75) is 23.3 Å². The first-order valence-electron chi connectivity index (χ1n) is 10.1. The van der Waals surface area contributed by atoms with E-state index in [0.717, 1.165) is 10.5 Å². The van der Waals surface area contributed by atoms with Crippen LogP contribution in [0.5, 0.6) is 5.75 Å².